The highest BCUT2D eigenvalue weighted by atomic mass is 32.1. The molecule has 0 aliphatic heterocycles. The van der Waals surface area contributed by atoms with Crippen LogP contribution in [0.2, 0.25) is 0 Å². The van der Waals surface area contributed by atoms with Gasteiger partial charge in [-0.2, -0.15) is 5.10 Å². The largest absolute Gasteiger partial charge is 0.300 e. The highest BCUT2D eigenvalue weighted by Gasteiger charge is 2.16. The summed E-state index contributed by atoms with van der Waals surface area (Å²) in [5, 5.41) is 17.9. The summed E-state index contributed by atoms with van der Waals surface area (Å²) in [5.41, 5.74) is 1.71. The number of rotatable bonds is 4. The number of aromatic amines is 1. The molecular formula is C13H16N4O2S. The molecule has 20 heavy (non-hydrogen) atoms. The molecule has 0 unspecified atom stereocenters. The van der Waals surface area contributed by atoms with Gasteiger partial charge in [-0.05, 0) is 30.6 Å². The molecule has 0 fully saturated rings. The van der Waals surface area contributed by atoms with Crippen molar-refractivity contribution < 1.29 is 4.92 Å². The summed E-state index contributed by atoms with van der Waals surface area (Å²) in [6.45, 7) is 6.78. The van der Waals surface area contributed by atoms with Crippen molar-refractivity contribution in [3.05, 3.63) is 38.6 Å². The molecule has 106 valence electrons. The maximum atomic E-state index is 10.9. The molecule has 0 saturated heterocycles. The zero-order valence-corrected chi connectivity index (χ0v) is 12.4. The first-order valence-corrected chi connectivity index (χ1v) is 6.71. The van der Waals surface area contributed by atoms with Crippen LogP contribution in [0.25, 0.3) is 11.4 Å². The fourth-order valence-electron chi connectivity index (χ4n) is 2.02. The van der Waals surface area contributed by atoms with Crippen LogP contribution in [0.15, 0.2) is 18.2 Å². The standard InChI is InChI=1S/C13H16N4O2S/c1-8(2)7-16-12(14-15-13(16)20)11-6-10(17(18)19)5-4-9(11)3/h4-6,8H,7H2,1-3H3,(H,15,20). The Bertz CT molecular complexity index is 703. The van der Waals surface area contributed by atoms with Gasteiger partial charge in [0.25, 0.3) is 5.69 Å². The summed E-state index contributed by atoms with van der Waals surface area (Å²) in [7, 11) is 0. The second kappa shape index (κ2) is 5.54. The Kier molecular flexibility index (Phi) is 3.99. The van der Waals surface area contributed by atoms with Crippen molar-refractivity contribution in [2.75, 3.05) is 0 Å². The molecule has 0 spiro atoms. The lowest BCUT2D eigenvalue weighted by molar-refractivity contribution is -0.384. The highest BCUT2D eigenvalue weighted by molar-refractivity contribution is 7.71. The number of benzene rings is 1. The van der Waals surface area contributed by atoms with E-state index >= 15 is 0 Å². The minimum Gasteiger partial charge on any atom is -0.300 e. The van der Waals surface area contributed by atoms with Gasteiger partial charge in [0.1, 0.15) is 0 Å². The van der Waals surface area contributed by atoms with Gasteiger partial charge in [0.2, 0.25) is 0 Å². The number of nitrogens with one attached hydrogen (secondary N) is 1. The lowest BCUT2D eigenvalue weighted by Crippen LogP contribution is -2.07. The Morgan fingerprint density at radius 3 is 2.80 bits per heavy atom. The quantitative estimate of drug-likeness (QED) is 0.531. The van der Waals surface area contributed by atoms with Gasteiger partial charge in [0.15, 0.2) is 10.6 Å². The second-order valence-corrected chi connectivity index (χ2v) is 5.50. The van der Waals surface area contributed by atoms with E-state index in [1.165, 1.54) is 12.1 Å². The van der Waals surface area contributed by atoms with Crippen LogP contribution in [0, 0.1) is 27.7 Å². The number of nitro benzene ring substituents is 1. The fraction of sp³-hybridized carbons (Fsp3) is 0.385. The first-order valence-electron chi connectivity index (χ1n) is 6.30. The summed E-state index contributed by atoms with van der Waals surface area (Å²) >= 11 is 5.23. The molecule has 1 aromatic carbocycles. The fourth-order valence-corrected chi connectivity index (χ4v) is 2.23. The second-order valence-electron chi connectivity index (χ2n) is 5.11. The van der Waals surface area contributed by atoms with Crippen molar-refractivity contribution in [3.63, 3.8) is 0 Å². The van der Waals surface area contributed by atoms with E-state index in [-0.39, 0.29) is 5.69 Å². The van der Waals surface area contributed by atoms with Gasteiger partial charge in [-0.15, -0.1) is 0 Å². The summed E-state index contributed by atoms with van der Waals surface area (Å²) in [6.07, 6.45) is 0. The average Bonchev–Trinajstić information content (AvgIpc) is 2.71. The van der Waals surface area contributed by atoms with Gasteiger partial charge in [-0.25, -0.2) is 0 Å². The molecule has 1 N–H and O–H groups in total. The molecule has 7 heteroatoms. The van der Waals surface area contributed by atoms with Gasteiger partial charge in [-0.1, -0.05) is 19.9 Å². The van der Waals surface area contributed by atoms with E-state index in [1.807, 2.05) is 11.5 Å². The lowest BCUT2D eigenvalue weighted by Gasteiger charge is -2.10. The normalized spacial score (nSPS) is 11.0. The number of aryl methyl sites for hydroxylation is 1. The minimum atomic E-state index is -0.406. The first-order chi connectivity index (χ1) is 9.40. The predicted octanol–water partition coefficient (Wildman–Crippen LogP) is 3.48. The number of hydrogen-bond acceptors (Lipinski definition) is 4. The molecule has 2 aromatic rings. The minimum absolute atomic E-state index is 0.0515. The maximum Gasteiger partial charge on any atom is 0.270 e. The number of H-pyrrole nitrogens is 1. The highest BCUT2D eigenvalue weighted by Crippen LogP contribution is 2.26. The Balaban J connectivity index is 2.59. The van der Waals surface area contributed by atoms with Gasteiger partial charge in [0, 0.05) is 24.2 Å². The molecule has 0 aliphatic rings. The van der Waals surface area contributed by atoms with Crippen molar-refractivity contribution in [2.24, 2.45) is 5.92 Å². The van der Waals surface area contributed by atoms with Crippen LogP contribution < -0.4 is 0 Å². The van der Waals surface area contributed by atoms with Crippen molar-refractivity contribution in [1.29, 1.82) is 0 Å². The van der Waals surface area contributed by atoms with E-state index in [0.29, 0.717) is 23.1 Å². The third kappa shape index (κ3) is 2.77. The molecular weight excluding hydrogens is 276 g/mol. The maximum absolute atomic E-state index is 10.9. The number of aromatic nitrogens is 3. The van der Waals surface area contributed by atoms with Crippen LogP contribution in [0.3, 0.4) is 0 Å². The molecule has 0 aliphatic carbocycles. The van der Waals surface area contributed by atoms with Gasteiger partial charge < -0.3 is 0 Å². The number of hydrogen-bond donors (Lipinski definition) is 1. The Morgan fingerprint density at radius 1 is 1.50 bits per heavy atom. The van der Waals surface area contributed by atoms with E-state index in [9.17, 15) is 10.1 Å². The smallest absolute Gasteiger partial charge is 0.270 e. The summed E-state index contributed by atoms with van der Waals surface area (Å²) < 4.78 is 2.41. The molecule has 0 amide bonds. The third-order valence-electron chi connectivity index (χ3n) is 2.98. The molecule has 0 saturated carbocycles. The van der Waals surface area contributed by atoms with Crippen LogP contribution in [-0.4, -0.2) is 19.7 Å². The first kappa shape index (κ1) is 14.4. The van der Waals surface area contributed by atoms with Crippen LogP contribution in [0.5, 0.6) is 0 Å². The molecule has 0 atom stereocenters. The van der Waals surface area contributed by atoms with E-state index in [1.54, 1.807) is 6.07 Å². The Labute approximate surface area is 121 Å². The van der Waals surface area contributed by atoms with Crippen LogP contribution in [0.4, 0.5) is 5.69 Å². The van der Waals surface area contributed by atoms with Crippen LogP contribution in [-0.2, 0) is 6.54 Å². The van der Waals surface area contributed by atoms with Gasteiger partial charge >= 0.3 is 0 Å². The van der Waals surface area contributed by atoms with E-state index in [2.05, 4.69) is 24.0 Å². The summed E-state index contributed by atoms with van der Waals surface area (Å²) in [6, 6.07) is 4.76. The SMILES string of the molecule is Cc1ccc([N+](=O)[O-])cc1-c1n[nH]c(=S)n1CC(C)C. The number of nitro groups is 1. The van der Waals surface area contributed by atoms with Gasteiger partial charge in [-0.3, -0.25) is 19.8 Å². The van der Waals surface area contributed by atoms with Crippen molar-refractivity contribution >= 4 is 17.9 Å². The van der Waals surface area contributed by atoms with E-state index in [4.69, 9.17) is 12.2 Å². The van der Waals surface area contributed by atoms with E-state index in [0.717, 1.165) is 11.1 Å². The predicted molar refractivity (Wildman–Crippen MR) is 79.1 cm³/mol. The van der Waals surface area contributed by atoms with Crippen LogP contribution in [0.1, 0.15) is 19.4 Å². The van der Waals surface area contributed by atoms with Gasteiger partial charge in [0.05, 0.1) is 4.92 Å². The number of nitrogens with zero attached hydrogens (tertiary/aromatic N) is 3. The Morgan fingerprint density at radius 2 is 2.20 bits per heavy atom. The van der Waals surface area contributed by atoms with Crippen LogP contribution >= 0.6 is 12.2 Å². The molecule has 0 radical (unpaired) electrons. The monoisotopic (exact) mass is 292 g/mol. The Hall–Kier alpha value is -2.02. The molecule has 2 rings (SSSR count). The zero-order chi connectivity index (χ0) is 14.9. The van der Waals surface area contributed by atoms with Crippen molar-refractivity contribution in [3.8, 4) is 11.4 Å². The molecule has 0 bridgehead atoms. The van der Waals surface area contributed by atoms with E-state index < -0.39 is 4.92 Å². The molecule has 6 nitrogen and oxygen atoms in total. The van der Waals surface area contributed by atoms with Crippen molar-refractivity contribution in [1.82, 2.24) is 14.8 Å². The lowest BCUT2D eigenvalue weighted by atomic mass is 10.1. The van der Waals surface area contributed by atoms with Crippen molar-refractivity contribution in [2.45, 2.75) is 27.3 Å². The topological polar surface area (TPSA) is 76.8 Å². The summed E-state index contributed by atoms with van der Waals surface area (Å²) in [4.78, 5) is 10.5. The number of non-ortho nitro benzene ring substituents is 1. The average molecular weight is 292 g/mol. The molecule has 1 heterocycles. The zero-order valence-electron chi connectivity index (χ0n) is 11.6. The third-order valence-corrected chi connectivity index (χ3v) is 3.29. The summed E-state index contributed by atoms with van der Waals surface area (Å²) in [5.74, 6) is 1.04. The molecule has 1 aromatic heterocycles.